The predicted octanol–water partition coefficient (Wildman–Crippen LogP) is 4.92. The second kappa shape index (κ2) is 6.65. The van der Waals surface area contributed by atoms with Crippen LogP contribution in [0.2, 0.25) is 0 Å². The van der Waals surface area contributed by atoms with Crippen LogP contribution in [0.4, 0.5) is 5.69 Å². The van der Waals surface area contributed by atoms with Gasteiger partial charge in [0.1, 0.15) is 4.99 Å². The number of thiocarbonyl (C=S) groups is 1. The highest BCUT2D eigenvalue weighted by atomic mass is 79.9. The zero-order valence-electron chi connectivity index (χ0n) is 9.75. The summed E-state index contributed by atoms with van der Waals surface area (Å²) in [7, 11) is 0. The lowest BCUT2D eigenvalue weighted by atomic mass is 10.1. The molecular weight excluding hydrogens is 492 g/mol. The Morgan fingerprint density at radius 1 is 1.25 bits per heavy atom. The van der Waals surface area contributed by atoms with Crippen LogP contribution >= 0.6 is 71.3 Å². The summed E-state index contributed by atoms with van der Waals surface area (Å²) in [5.74, 6) is -0.207. The normalized spacial score (nSPS) is 10.3. The van der Waals surface area contributed by atoms with Gasteiger partial charge in [-0.3, -0.25) is 4.79 Å². The molecule has 1 heterocycles. The molecule has 0 aliphatic carbocycles. The van der Waals surface area contributed by atoms with Crippen molar-refractivity contribution >= 4 is 87.9 Å². The molecule has 0 atom stereocenters. The van der Waals surface area contributed by atoms with Gasteiger partial charge < -0.3 is 11.1 Å². The van der Waals surface area contributed by atoms with Crippen LogP contribution in [0.15, 0.2) is 37.0 Å². The fraction of sp³-hybridized carbons (Fsp3) is 0. The van der Waals surface area contributed by atoms with E-state index in [2.05, 4.69) is 53.1 Å². The molecule has 0 radical (unpaired) electrons. The first kappa shape index (κ1) is 16.1. The molecule has 1 aromatic heterocycles. The highest BCUT2D eigenvalue weighted by Crippen LogP contribution is 2.33. The fourth-order valence-electron chi connectivity index (χ4n) is 1.47. The van der Waals surface area contributed by atoms with Gasteiger partial charge in [0, 0.05) is 14.5 Å². The summed E-state index contributed by atoms with van der Waals surface area (Å²) in [4.78, 5) is 13.0. The monoisotopic (exact) mass is 496 g/mol. The molecule has 2 rings (SSSR count). The predicted molar refractivity (Wildman–Crippen MR) is 97.7 cm³/mol. The number of amides is 1. The molecule has 0 aliphatic heterocycles. The van der Waals surface area contributed by atoms with Gasteiger partial charge >= 0.3 is 0 Å². The van der Waals surface area contributed by atoms with E-state index in [0.29, 0.717) is 16.1 Å². The molecule has 1 aromatic carbocycles. The molecule has 0 saturated heterocycles. The highest BCUT2D eigenvalue weighted by molar-refractivity contribution is 9.13. The lowest BCUT2D eigenvalue weighted by molar-refractivity contribution is 0.103. The summed E-state index contributed by atoms with van der Waals surface area (Å²) in [5.41, 5.74) is 6.88. The van der Waals surface area contributed by atoms with E-state index >= 15 is 0 Å². The van der Waals surface area contributed by atoms with Crippen LogP contribution in [0, 0.1) is 0 Å². The van der Waals surface area contributed by atoms with E-state index in [1.165, 1.54) is 11.3 Å². The Bertz CT molecular complexity index is 681. The maximum atomic E-state index is 12.2. The smallest absolute Gasteiger partial charge is 0.265 e. The van der Waals surface area contributed by atoms with Crippen LogP contribution in [0.25, 0.3) is 0 Å². The molecule has 20 heavy (non-hydrogen) atoms. The van der Waals surface area contributed by atoms with E-state index in [9.17, 15) is 4.79 Å². The number of nitrogens with two attached hydrogens (primary N) is 1. The molecule has 0 spiro atoms. The summed E-state index contributed by atoms with van der Waals surface area (Å²) in [5, 5.41) is 2.82. The van der Waals surface area contributed by atoms with Gasteiger partial charge in [0.2, 0.25) is 0 Å². The number of nitrogens with one attached hydrogen (secondary N) is 1. The van der Waals surface area contributed by atoms with Gasteiger partial charge in [-0.05, 0) is 56.1 Å². The van der Waals surface area contributed by atoms with Crippen molar-refractivity contribution in [2.24, 2.45) is 5.73 Å². The number of carbonyl (C=O) groups excluding carboxylic acids is 1. The van der Waals surface area contributed by atoms with E-state index < -0.39 is 0 Å². The number of benzene rings is 1. The van der Waals surface area contributed by atoms with E-state index in [-0.39, 0.29) is 10.9 Å². The minimum atomic E-state index is -0.207. The molecular formula is C12H7Br3N2OS2. The highest BCUT2D eigenvalue weighted by Gasteiger charge is 2.14. The molecule has 2 aromatic rings. The average molecular weight is 499 g/mol. The summed E-state index contributed by atoms with van der Waals surface area (Å²) in [6.45, 7) is 0. The van der Waals surface area contributed by atoms with Gasteiger partial charge in [-0.15, -0.1) is 11.3 Å². The first-order valence-corrected chi connectivity index (χ1v) is 8.84. The summed E-state index contributed by atoms with van der Waals surface area (Å²) in [6.07, 6.45) is 0. The topological polar surface area (TPSA) is 55.1 Å². The van der Waals surface area contributed by atoms with Crippen molar-refractivity contribution in [3.05, 3.63) is 47.4 Å². The molecule has 3 N–H and O–H groups in total. The molecule has 3 nitrogen and oxygen atoms in total. The maximum Gasteiger partial charge on any atom is 0.265 e. The summed E-state index contributed by atoms with van der Waals surface area (Å²) in [6, 6.07) is 7.10. The third-order valence-corrected chi connectivity index (χ3v) is 6.33. The number of thiophene rings is 1. The quantitative estimate of drug-likeness (QED) is 0.590. The molecule has 1 amide bonds. The van der Waals surface area contributed by atoms with E-state index in [1.54, 1.807) is 18.2 Å². The molecule has 0 aliphatic rings. The largest absolute Gasteiger partial charge is 0.389 e. The zero-order chi connectivity index (χ0) is 14.9. The Balaban J connectivity index is 2.30. The van der Waals surface area contributed by atoms with Crippen molar-refractivity contribution in [3.63, 3.8) is 0 Å². The van der Waals surface area contributed by atoms with Gasteiger partial charge in [-0.2, -0.15) is 0 Å². The summed E-state index contributed by atoms with van der Waals surface area (Å²) >= 11 is 16.4. The van der Waals surface area contributed by atoms with Crippen LogP contribution in [0.1, 0.15) is 15.2 Å². The number of hydrogen-bond donors (Lipinski definition) is 2. The molecule has 0 fully saturated rings. The minimum Gasteiger partial charge on any atom is -0.389 e. The lowest BCUT2D eigenvalue weighted by Gasteiger charge is -2.09. The first-order chi connectivity index (χ1) is 9.38. The van der Waals surface area contributed by atoms with Crippen LogP contribution in [-0.2, 0) is 0 Å². The third-order valence-electron chi connectivity index (χ3n) is 2.36. The van der Waals surface area contributed by atoms with Crippen molar-refractivity contribution in [2.75, 3.05) is 5.32 Å². The Hall–Kier alpha value is -0.280. The van der Waals surface area contributed by atoms with Crippen molar-refractivity contribution in [2.45, 2.75) is 0 Å². The standard InChI is InChI=1S/C12H7Br3N2OS2/c13-5-1-2-8(6(3-5)11(16)19)17-12(18)9-4-7(14)10(15)20-9/h1-4H,(H2,16,19)(H,17,18). The van der Waals surface area contributed by atoms with Crippen molar-refractivity contribution in [1.82, 2.24) is 0 Å². The Labute approximate surface area is 150 Å². The van der Waals surface area contributed by atoms with Gasteiger partial charge in [-0.1, -0.05) is 28.1 Å². The number of carbonyl (C=O) groups is 1. The average Bonchev–Trinajstić information content (AvgIpc) is 2.71. The van der Waals surface area contributed by atoms with E-state index in [0.717, 1.165) is 12.7 Å². The van der Waals surface area contributed by atoms with Crippen LogP contribution in [-0.4, -0.2) is 10.9 Å². The SMILES string of the molecule is NC(=S)c1cc(Br)ccc1NC(=O)c1cc(Br)c(Br)s1. The number of halogens is 3. The number of anilines is 1. The van der Waals surface area contributed by atoms with Crippen molar-refractivity contribution in [3.8, 4) is 0 Å². The maximum absolute atomic E-state index is 12.2. The summed E-state index contributed by atoms with van der Waals surface area (Å²) < 4.78 is 2.56. The molecule has 8 heteroatoms. The third kappa shape index (κ3) is 3.67. The fourth-order valence-corrected chi connectivity index (χ4v) is 3.93. The molecule has 0 bridgehead atoms. The minimum absolute atomic E-state index is 0.207. The number of rotatable bonds is 3. The van der Waals surface area contributed by atoms with Crippen LogP contribution in [0.5, 0.6) is 0 Å². The second-order valence-corrected chi connectivity index (χ2v) is 8.32. The zero-order valence-corrected chi connectivity index (χ0v) is 16.1. The molecule has 0 saturated carbocycles. The van der Waals surface area contributed by atoms with Gasteiger partial charge in [-0.25, -0.2) is 0 Å². The van der Waals surface area contributed by atoms with Crippen molar-refractivity contribution in [1.29, 1.82) is 0 Å². The van der Waals surface area contributed by atoms with E-state index in [4.69, 9.17) is 18.0 Å². The van der Waals surface area contributed by atoms with Gasteiger partial charge in [0.05, 0.1) is 14.4 Å². The Morgan fingerprint density at radius 3 is 2.50 bits per heavy atom. The number of hydrogen-bond acceptors (Lipinski definition) is 3. The van der Waals surface area contributed by atoms with Gasteiger partial charge in [0.25, 0.3) is 5.91 Å². The van der Waals surface area contributed by atoms with Crippen molar-refractivity contribution < 1.29 is 4.79 Å². The Kier molecular flexibility index (Phi) is 5.36. The first-order valence-electron chi connectivity index (χ1n) is 5.24. The second-order valence-electron chi connectivity index (χ2n) is 3.74. The van der Waals surface area contributed by atoms with E-state index in [1.807, 2.05) is 6.07 Å². The lowest BCUT2D eigenvalue weighted by Crippen LogP contribution is -2.17. The van der Waals surface area contributed by atoms with Crippen LogP contribution < -0.4 is 11.1 Å². The molecule has 104 valence electrons. The van der Waals surface area contributed by atoms with Gasteiger partial charge in [0.15, 0.2) is 0 Å². The Morgan fingerprint density at radius 2 is 1.95 bits per heavy atom. The molecule has 0 unspecified atom stereocenters. The van der Waals surface area contributed by atoms with Crippen LogP contribution in [0.3, 0.4) is 0 Å².